The van der Waals surface area contributed by atoms with Gasteiger partial charge in [0.05, 0.1) is 5.56 Å². The van der Waals surface area contributed by atoms with Crippen LogP contribution in [0.2, 0.25) is 0 Å². The van der Waals surface area contributed by atoms with Crippen molar-refractivity contribution in [1.29, 1.82) is 0 Å². The second-order valence-corrected chi connectivity index (χ2v) is 7.79. The number of benzene rings is 3. The molecule has 2 N–H and O–H groups in total. The average Bonchev–Trinajstić information content (AvgIpc) is 3.11. The van der Waals surface area contributed by atoms with Crippen LogP contribution in [0.25, 0.3) is 17.2 Å². The Morgan fingerprint density at radius 1 is 0.969 bits per heavy atom. The number of alkyl carbamates (subject to hydrolysis) is 1. The molecule has 0 radical (unpaired) electrons. The maximum Gasteiger partial charge on any atom is 0.407 e. The number of carboxylic acids is 1. The average molecular weight is 428 g/mol. The van der Waals surface area contributed by atoms with E-state index in [0.29, 0.717) is 24.1 Å². The molecule has 0 spiro atoms. The molecule has 0 saturated carbocycles. The molecule has 4 rings (SSSR count). The Hall–Kier alpha value is -3.86. The van der Waals surface area contributed by atoms with Gasteiger partial charge in [-0.3, -0.25) is 0 Å². The van der Waals surface area contributed by atoms with Crippen LogP contribution in [0.4, 0.5) is 4.79 Å². The monoisotopic (exact) mass is 427 g/mol. The first kappa shape index (κ1) is 21.4. The highest BCUT2D eigenvalue weighted by molar-refractivity contribution is 5.93. The van der Waals surface area contributed by atoms with E-state index in [1.54, 1.807) is 25.1 Å². The van der Waals surface area contributed by atoms with Gasteiger partial charge in [0.2, 0.25) is 0 Å². The first-order valence-electron chi connectivity index (χ1n) is 10.6. The highest BCUT2D eigenvalue weighted by Crippen LogP contribution is 2.44. The van der Waals surface area contributed by atoms with Crippen LogP contribution in [0.5, 0.6) is 0 Å². The van der Waals surface area contributed by atoms with Gasteiger partial charge in [0.15, 0.2) is 0 Å². The lowest BCUT2D eigenvalue weighted by Crippen LogP contribution is -2.26. The number of nitrogens with one attached hydrogen (secondary N) is 1. The number of hydrogen-bond acceptors (Lipinski definition) is 3. The standard InChI is InChI=1S/C27H25NO4/c1-18-9-8-11-19(25(18)26(29)30)10-6-7-16-28-27(31)32-17-24-22-14-4-2-12-20(22)21-13-3-5-15-23(21)24/h2-6,8-15,24H,7,16-17H2,1H3,(H,28,31)(H,29,30). The summed E-state index contributed by atoms with van der Waals surface area (Å²) in [4.78, 5) is 23.7. The maximum atomic E-state index is 12.2. The first-order chi connectivity index (χ1) is 15.6. The molecule has 3 aromatic carbocycles. The van der Waals surface area contributed by atoms with Gasteiger partial charge in [-0.05, 0) is 46.7 Å². The molecule has 32 heavy (non-hydrogen) atoms. The quantitative estimate of drug-likeness (QED) is 0.479. The number of carboxylic acid groups (broad SMARTS) is 1. The number of fused-ring (bicyclic) bond motifs is 3. The highest BCUT2D eigenvalue weighted by Gasteiger charge is 2.28. The number of ether oxygens (including phenoxy) is 1. The van der Waals surface area contributed by atoms with Crippen molar-refractivity contribution in [1.82, 2.24) is 5.32 Å². The predicted molar refractivity (Wildman–Crippen MR) is 125 cm³/mol. The van der Waals surface area contributed by atoms with Crippen LogP contribution in [-0.2, 0) is 4.74 Å². The molecule has 162 valence electrons. The fourth-order valence-corrected chi connectivity index (χ4v) is 4.24. The Kier molecular flexibility index (Phi) is 6.36. The summed E-state index contributed by atoms with van der Waals surface area (Å²) in [6.45, 7) is 2.46. The lowest BCUT2D eigenvalue weighted by Gasteiger charge is -2.14. The summed E-state index contributed by atoms with van der Waals surface area (Å²) in [5, 5.41) is 12.1. The zero-order chi connectivity index (χ0) is 22.5. The molecule has 1 amide bonds. The molecule has 5 nitrogen and oxygen atoms in total. The summed E-state index contributed by atoms with van der Waals surface area (Å²) in [5.74, 6) is -0.914. The van der Waals surface area contributed by atoms with Crippen LogP contribution in [0.3, 0.4) is 0 Å². The van der Waals surface area contributed by atoms with Crippen molar-refractivity contribution in [2.24, 2.45) is 0 Å². The number of carbonyl (C=O) groups excluding carboxylic acids is 1. The molecule has 0 atom stereocenters. The van der Waals surface area contributed by atoms with Crippen LogP contribution in [0.15, 0.2) is 72.8 Å². The van der Waals surface area contributed by atoms with E-state index in [-0.39, 0.29) is 12.5 Å². The number of carbonyl (C=O) groups is 2. The van der Waals surface area contributed by atoms with Gasteiger partial charge in [0.25, 0.3) is 0 Å². The Morgan fingerprint density at radius 3 is 2.28 bits per heavy atom. The molecule has 0 saturated heterocycles. The van der Waals surface area contributed by atoms with E-state index >= 15 is 0 Å². The molecule has 0 heterocycles. The van der Waals surface area contributed by atoms with Crippen molar-refractivity contribution in [2.45, 2.75) is 19.3 Å². The van der Waals surface area contributed by atoms with Crippen molar-refractivity contribution >= 4 is 18.1 Å². The Labute approximate surface area is 187 Å². The number of rotatable bonds is 7. The molecule has 0 unspecified atom stereocenters. The van der Waals surface area contributed by atoms with Crippen LogP contribution < -0.4 is 5.32 Å². The minimum absolute atomic E-state index is 0.0313. The minimum Gasteiger partial charge on any atom is -0.478 e. The van der Waals surface area contributed by atoms with Crippen molar-refractivity contribution in [3.8, 4) is 11.1 Å². The van der Waals surface area contributed by atoms with Crippen molar-refractivity contribution in [2.75, 3.05) is 13.2 Å². The summed E-state index contributed by atoms with van der Waals surface area (Å²) in [6, 6.07) is 21.8. The van der Waals surface area contributed by atoms with E-state index in [1.165, 1.54) is 22.3 Å². The third-order valence-corrected chi connectivity index (χ3v) is 5.74. The number of amides is 1. The zero-order valence-electron chi connectivity index (χ0n) is 17.9. The van der Waals surface area contributed by atoms with Gasteiger partial charge in [-0.2, -0.15) is 0 Å². The Bertz CT molecular complexity index is 1140. The topological polar surface area (TPSA) is 75.6 Å². The minimum atomic E-state index is -0.945. The predicted octanol–water partition coefficient (Wildman–Crippen LogP) is 5.64. The van der Waals surface area contributed by atoms with E-state index in [9.17, 15) is 14.7 Å². The van der Waals surface area contributed by atoms with Crippen molar-refractivity contribution < 1.29 is 19.4 Å². The molecular formula is C27H25NO4. The fourth-order valence-electron chi connectivity index (χ4n) is 4.24. The first-order valence-corrected chi connectivity index (χ1v) is 10.6. The SMILES string of the molecule is Cc1cccc(C=CCCNC(=O)OCC2c3ccccc3-c3ccccc32)c1C(=O)O. The lowest BCUT2D eigenvalue weighted by molar-refractivity contribution is 0.0696. The van der Waals surface area contributed by atoms with Crippen LogP contribution >= 0.6 is 0 Å². The summed E-state index contributed by atoms with van der Waals surface area (Å²) in [5.41, 5.74) is 6.41. The molecule has 3 aromatic rings. The zero-order valence-corrected chi connectivity index (χ0v) is 17.9. The molecule has 5 heteroatoms. The van der Waals surface area contributed by atoms with Gasteiger partial charge < -0.3 is 15.2 Å². The number of aryl methyl sites for hydroxylation is 1. The highest BCUT2D eigenvalue weighted by atomic mass is 16.5. The summed E-state index contributed by atoms with van der Waals surface area (Å²) in [6.07, 6.45) is 3.74. The normalized spacial score (nSPS) is 12.4. The molecule has 1 aliphatic carbocycles. The third kappa shape index (κ3) is 4.42. The second-order valence-electron chi connectivity index (χ2n) is 7.79. The number of aromatic carboxylic acids is 1. The molecule has 1 aliphatic rings. The largest absolute Gasteiger partial charge is 0.478 e. The van der Waals surface area contributed by atoms with Gasteiger partial charge in [-0.25, -0.2) is 9.59 Å². The number of hydrogen-bond donors (Lipinski definition) is 2. The smallest absolute Gasteiger partial charge is 0.407 e. The van der Waals surface area contributed by atoms with Gasteiger partial charge in [0, 0.05) is 12.5 Å². The molecular weight excluding hydrogens is 402 g/mol. The van der Waals surface area contributed by atoms with E-state index in [0.717, 1.165) is 5.56 Å². The lowest BCUT2D eigenvalue weighted by atomic mass is 9.98. The molecule has 0 fully saturated rings. The third-order valence-electron chi connectivity index (χ3n) is 5.74. The maximum absolute atomic E-state index is 12.2. The van der Waals surface area contributed by atoms with Gasteiger partial charge in [0.1, 0.15) is 6.61 Å². The van der Waals surface area contributed by atoms with Gasteiger partial charge in [-0.1, -0.05) is 78.9 Å². The van der Waals surface area contributed by atoms with Crippen LogP contribution in [-0.4, -0.2) is 30.3 Å². The van der Waals surface area contributed by atoms with Gasteiger partial charge in [-0.15, -0.1) is 0 Å². The van der Waals surface area contributed by atoms with Crippen LogP contribution in [0, 0.1) is 6.92 Å². The van der Waals surface area contributed by atoms with E-state index in [1.807, 2.05) is 36.4 Å². The Morgan fingerprint density at radius 2 is 1.62 bits per heavy atom. The van der Waals surface area contributed by atoms with Crippen molar-refractivity contribution in [3.63, 3.8) is 0 Å². The van der Waals surface area contributed by atoms with Crippen molar-refractivity contribution in [3.05, 3.63) is 101 Å². The molecule has 0 aliphatic heterocycles. The molecule has 0 aromatic heterocycles. The molecule has 0 bridgehead atoms. The summed E-state index contributed by atoms with van der Waals surface area (Å²) >= 11 is 0. The van der Waals surface area contributed by atoms with Crippen LogP contribution in [0.1, 0.15) is 45.0 Å². The van der Waals surface area contributed by atoms with E-state index in [2.05, 4.69) is 29.6 Å². The summed E-state index contributed by atoms with van der Waals surface area (Å²) < 4.78 is 5.52. The van der Waals surface area contributed by atoms with Gasteiger partial charge >= 0.3 is 12.1 Å². The fraction of sp³-hybridized carbons (Fsp3) is 0.185. The Balaban J connectivity index is 1.29. The van der Waals surface area contributed by atoms with E-state index < -0.39 is 12.1 Å². The van der Waals surface area contributed by atoms with E-state index in [4.69, 9.17) is 4.74 Å². The summed E-state index contributed by atoms with van der Waals surface area (Å²) in [7, 11) is 0. The second kappa shape index (κ2) is 9.52.